The molecule has 1 fully saturated rings. The average Bonchev–Trinajstić information content (AvgIpc) is 2.56. The van der Waals surface area contributed by atoms with Crippen LogP contribution in [0.1, 0.15) is 36.5 Å². The molecule has 0 saturated carbocycles. The van der Waals surface area contributed by atoms with E-state index in [0.29, 0.717) is 0 Å². The lowest BCUT2D eigenvalue weighted by molar-refractivity contribution is 0.0934. The number of para-hydroxylation sites is 2. The van der Waals surface area contributed by atoms with Gasteiger partial charge in [-0.2, -0.15) is 0 Å². The van der Waals surface area contributed by atoms with E-state index >= 15 is 0 Å². The Bertz CT molecular complexity index is 712. The molecule has 0 bridgehead atoms. The molecule has 0 aromatic heterocycles. The van der Waals surface area contributed by atoms with Gasteiger partial charge in [0.05, 0.1) is 11.3 Å². The van der Waals surface area contributed by atoms with Crippen LogP contribution in [0.4, 0.5) is 11.4 Å². The van der Waals surface area contributed by atoms with E-state index in [1.54, 1.807) is 0 Å². The summed E-state index contributed by atoms with van der Waals surface area (Å²) in [6, 6.07) is 18.1. The smallest absolute Gasteiger partial charge is 0.262 e. The van der Waals surface area contributed by atoms with Gasteiger partial charge in [-0.3, -0.25) is 9.69 Å². The number of piperidine rings is 1. The molecule has 0 N–H and O–H groups in total. The highest BCUT2D eigenvalue weighted by Gasteiger charge is 2.48. The number of fused-ring (bicyclic) bond motifs is 3. The summed E-state index contributed by atoms with van der Waals surface area (Å²) < 4.78 is 0. The third-order valence-corrected chi connectivity index (χ3v) is 4.99. The number of benzene rings is 2. The lowest BCUT2D eigenvalue weighted by atomic mass is 9.88. The second-order valence-corrected chi connectivity index (χ2v) is 6.32. The van der Waals surface area contributed by atoms with Crippen LogP contribution in [0.3, 0.4) is 0 Å². The van der Waals surface area contributed by atoms with Crippen molar-refractivity contribution in [3.05, 3.63) is 60.2 Å². The molecule has 2 aromatic rings. The van der Waals surface area contributed by atoms with Crippen molar-refractivity contribution in [1.29, 1.82) is 0 Å². The third kappa shape index (κ3) is 1.78. The summed E-state index contributed by atoms with van der Waals surface area (Å²) in [6.45, 7) is 3.21. The third-order valence-electron chi connectivity index (χ3n) is 4.99. The Morgan fingerprint density at radius 1 is 0.955 bits per heavy atom. The Labute approximate surface area is 131 Å². The van der Waals surface area contributed by atoms with Crippen molar-refractivity contribution < 1.29 is 4.79 Å². The SMILES string of the molecule is CC12CCCCN1c1ccccc1C(=O)N2c1ccccc1. The molecule has 1 saturated heterocycles. The zero-order valence-corrected chi connectivity index (χ0v) is 12.8. The van der Waals surface area contributed by atoms with Crippen LogP contribution in [0.2, 0.25) is 0 Å². The van der Waals surface area contributed by atoms with E-state index in [2.05, 4.69) is 17.9 Å². The van der Waals surface area contributed by atoms with E-state index < -0.39 is 0 Å². The van der Waals surface area contributed by atoms with Crippen LogP contribution in [-0.4, -0.2) is 18.1 Å². The van der Waals surface area contributed by atoms with Crippen LogP contribution < -0.4 is 9.80 Å². The fraction of sp³-hybridized carbons (Fsp3) is 0.316. The summed E-state index contributed by atoms with van der Waals surface area (Å²) in [6.07, 6.45) is 3.34. The van der Waals surface area contributed by atoms with Crippen molar-refractivity contribution in [2.45, 2.75) is 31.8 Å². The lowest BCUT2D eigenvalue weighted by Crippen LogP contribution is -2.66. The molecule has 1 unspecified atom stereocenters. The highest BCUT2D eigenvalue weighted by molar-refractivity contribution is 6.13. The molecular weight excluding hydrogens is 272 g/mol. The van der Waals surface area contributed by atoms with Crippen molar-refractivity contribution in [3.8, 4) is 0 Å². The number of amides is 1. The van der Waals surface area contributed by atoms with Gasteiger partial charge in [0.1, 0.15) is 5.66 Å². The average molecular weight is 292 g/mol. The predicted molar refractivity (Wildman–Crippen MR) is 89.3 cm³/mol. The molecule has 0 spiro atoms. The molecule has 2 aliphatic heterocycles. The van der Waals surface area contributed by atoms with Gasteiger partial charge in [0.2, 0.25) is 0 Å². The van der Waals surface area contributed by atoms with Gasteiger partial charge < -0.3 is 4.90 Å². The first-order valence-electron chi connectivity index (χ1n) is 7.98. The Kier molecular flexibility index (Phi) is 2.96. The van der Waals surface area contributed by atoms with Gasteiger partial charge in [-0.15, -0.1) is 0 Å². The summed E-state index contributed by atoms with van der Waals surface area (Å²) >= 11 is 0. The summed E-state index contributed by atoms with van der Waals surface area (Å²) in [4.78, 5) is 17.6. The van der Waals surface area contributed by atoms with Crippen LogP contribution in [-0.2, 0) is 0 Å². The van der Waals surface area contributed by atoms with Crippen molar-refractivity contribution in [3.63, 3.8) is 0 Å². The molecule has 1 amide bonds. The second-order valence-electron chi connectivity index (χ2n) is 6.32. The van der Waals surface area contributed by atoms with Crippen LogP contribution >= 0.6 is 0 Å². The molecule has 4 rings (SSSR count). The highest BCUT2D eigenvalue weighted by atomic mass is 16.2. The van der Waals surface area contributed by atoms with E-state index in [4.69, 9.17) is 0 Å². The first kappa shape index (κ1) is 13.4. The van der Waals surface area contributed by atoms with Gasteiger partial charge in [-0.1, -0.05) is 30.3 Å². The maximum absolute atomic E-state index is 13.2. The molecule has 2 heterocycles. The monoisotopic (exact) mass is 292 g/mol. The van der Waals surface area contributed by atoms with Crippen molar-refractivity contribution in [2.24, 2.45) is 0 Å². The molecule has 112 valence electrons. The van der Waals surface area contributed by atoms with E-state index in [1.807, 2.05) is 53.4 Å². The first-order valence-corrected chi connectivity index (χ1v) is 7.98. The van der Waals surface area contributed by atoms with Crippen LogP contribution in [0.15, 0.2) is 54.6 Å². The Hall–Kier alpha value is -2.29. The predicted octanol–water partition coefficient (Wildman–Crippen LogP) is 4.05. The van der Waals surface area contributed by atoms with Crippen LogP contribution in [0.5, 0.6) is 0 Å². The van der Waals surface area contributed by atoms with Gasteiger partial charge >= 0.3 is 0 Å². The number of carbonyl (C=O) groups is 1. The number of anilines is 2. The fourth-order valence-electron chi connectivity index (χ4n) is 3.92. The molecule has 2 aromatic carbocycles. The Morgan fingerprint density at radius 3 is 2.50 bits per heavy atom. The zero-order chi connectivity index (χ0) is 15.2. The molecule has 3 nitrogen and oxygen atoms in total. The van der Waals surface area contributed by atoms with Crippen molar-refractivity contribution >= 4 is 17.3 Å². The summed E-state index contributed by atoms with van der Waals surface area (Å²) in [5.41, 5.74) is 2.61. The molecular formula is C19H20N2O. The topological polar surface area (TPSA) is 23.6 Å². The van der Waals surface area contributed by atoms with Crippen molar-refractivity contribution in [1.82, 2.24) is 0 Å². The van der Waals surface area contributed by atoms with Crippen LogP contribution in [0, 0.1) is 0 Å². The van der Waals surface area contributed by atoms with E-state index in [9.17, 15) is 4.79 Å². The maximum Gasteiger partial charge on any atom is 0.262 e. The van der Waals surface area contributed by atoms with E-state index in [-0.39, 0.29) is 11.6 Å². The summed E-state index contributed by atoms with van der Waals surface area (Å²) in [5.74, 6) is 0.113. The van der Waals surface area contributed by atoms with Crippen molar-refractivity contribution in [2.75, 3.05) is 16.3 Å². The van der Waals surface area contributed by atoms with Gasteiger partial charge in [-0.25, -0.2) is 0 Å². The largest absolute Gasteiger partial charge is 0.348 e. The first-order chi connectivity index (χ1) is 10.7. The lowest BCUT2D eigenvalue weighted by Gasteiger charge is -2.55. The van der Waals surface area contributed by atoms with Gasteiger partial charge in [0.15, 0.2) is 0 Å². The quantitative estimate of drug-likeness (QED) is 0.791. The maximum atomic E-state index is 13.2. The number of hydrogen-bond acceptors (Lipinski definition) is 2. The minimum absolute atomic E-state index is 0.113. The Morgan fingerprint density at radius 2 is 1.68 bits per heavy atom. The summed E-state index contributed by atoms with van der Waals surface area (Å²) in [7, 11) is 0. The molecule has 3 heteroatoms. The number of carbonyl (C=O) groups excluding carboxylic acids is 1. The van der Waals surface area contributed by atoms with Gasteiger partial charge in [0.25, 0.3) is 5.91 Å². The minimum Gasteiger partial charge on any atom is -0.348 e. The minimum atomic E-state index is -0.273. The molecule has 0 radical (unpaired) electrons. The highest BCUT2D eigenvalue weighted by Crippen LogP contribution is 2.44. The normalized spacial score (nSPS) is 24.0. The summed E-state index contributed by atoms with van der Waals surface area (Å²) in [5, 5.41) is 0. The number of hydrogen-bond donors (Lipinski definition) is 0. The van der Waals surface area contributed by atoms with E-state index in [1.165, 1.54) is 6.42 Å². The Balaban J connectivity index is 1.93. The molecule has 22 heavy (non-hydrogen) atoms. The molecule has 2 aliphatic rings. The second kappa shape index (κ2) is 4.87. The van der Waals surface area contributed by atoms with E-state index in [0.717, 1.165) is 36.3 Å². The number of nitrogens with zero attached hydrogens (tertiary/aromatic N) is 2. The molecule has 0 aliphatic carbocycles. The van der Waals surface area contributed by atoms with Crippen LogP contribution in [0.25, 0.3) is 0 Å². The number of rotatable bonds is 1. The fourth-order valence-corrected chi connectivity index (χ4v) is 3.92. The van der Waals surface area contributed by atoms with Gasteiger partial charge in [-0.05, 0) is 50.5 Å². The van der Waals surface area contributed by atoms with Gasteiger partial charge in [0, 0.05) is 12.2 Å². The zero-order valence-electron chi connectivity index (χ0n) is 12.8. The standard InChI is InChI=1S/C19H20N2O/c1-19-13-7-8-14-20(19)17-12-6-5-11-16(17)18(22)21(19)15-9-3-2-4-10-15/h2-6,9-12H,7-8,13-14H2,1H3. The molecule has 1 atom stereocenters.